The van der Waals surface area contributed by atoms with Crippen molar-refractivity contribution >= 4 is 62.8 Å². The van der Waals surface area contributed by atoms with Gasteiger partial charge in [-0.05, 0) is 53.1 Å². The van der Waals surface area contributed by atoms with E-state index < -0.39 is 0 Å². The van der Waals surface area contributed by atoms with Gasteiger partial charge in [0, 0.05) is 41.9 Å². The molecule has 1 aliphatic heterocycles. The molecule has 3 aromatic heterocycles. The van der Waals surface area contributed by atoms with Gasteiger partial charge in [-0.15, -0.1) is 11.3 Å². The van der Waals surface area contributed by atoms with Crippen LogP contribution in [0.25, 0.3) is 16.4 Å². The molecule has 1 saturated heterocycles. The molecule has 2 atom stereocenters. The Hall–Kier alpha value is -3.50. The van der Waals surface area contributed by atoms with Crippen molar-refractivity contribution in [2.75, 3.05) is 6.54 Å². The zero-order chi connectivity index (χ0) is 26.4. The van der Waals surface area contributed by atoms with Crippen molar-refractivity contribution in [1.82, 2.24) is 24.6 Å². The van der Waals surface area contributed by atoms with E-state index in [0.29, 0.717) is 51.6 Å². The Bertz CT molecular complexity index is 1700. The second kappa shape index (κ2) is 9.99. The highest BCUT2D eigenvalue weighted by Gasteiger charge is 2.37. The van der Waals surface area contributed by atoms with Gasteiger partial charge in [-0.25, -0.2) is 9.97 Å². The third-order valence-electron chi connectivity index (χ3n) is 6.59. The molecule has 2 aromatic carbocycles. The predicted octanol–water partition coefficient (Wildman–Crippen LogP) is 5.10. The monoisotopic (exact) mass is 564 g/mol. The van der Waals surface area contributed by atoms with Crippen LogP contribution in [0.15, 0.2) is 66.3 Å². The maximum atomic E-state index is 13.4. The van der Waals surface area contributed by atoms with Crippen LogP contribution in [0.4, 0.5) is 0 Å². The minimum Gasteiger partial charge on any atom is -0.347 e. The molecule has 3 N–H and O–H groups in total. The number of hydrogen-bond donors (Lipinski definition) is 2. The van der Waals surface area contributed by atoms with Gasteiger partial charge in [0.2, 0.25) is 0 Å². The summed E-state index contributed by atoms with van der Waals surface area (Å²) < 4.78 is 1.72. The molecule has 0 bridgehead atoms. The molecule has 1 aliphatic rings. The lowest BCUT2D eigenvalue weighted by atomic mass is 10.1. The highest BCUT2D eigenvalue weighted by molar-refractivity contribution is 7.09. The topological polar surface area (TPSA) is 106 Å². The molecule has 192 valence electrons. The quantitative estimate of drug-likeness (QED) is 0.309. The number of nitrogens with two attached hydrogens (primary N) is 1. The van der Waals surface area contributed by atoms with Gasteiger partial charge >= 0.3 is 0 Å². The standard InChI is InChI=1S/C27H22Cl2N6O2S/c28-18-4-3-16-7-15(1-2-17(16)8-18)10-31-25(36)22-14-38-26(33-22)23-9-20(30)12-35(23)27(37)21-13-34-11-19(29)5-6-24(34)32-21/h1-8,11,13-14,20,23H,9-10,12,30H2,(H,31,36)/t20-,23+/m1/s1. The molecule has 8 nitrogen and oxygen atoms in total. The number of pyridine rings is 1. The third-order valence-corrected chi connectivity index (χ3v) is 7.99. The van der Waals surface area contributed by atoms with Gasteiger partial charge in [0.1, 0.15) is 22.0 Å². The maximum Gasteiger partial charge on any atom is 0.274 e. The van der Waals surface area contributed by atoms with E-state index in [1.54, 1.807) is 39.2 Å². The SMILES string of the molecule is N[C@@H]1C[C@@H](c2nc(C(=O)NCc3ccc4cc(Cl)ccc4c3)cs2)N(C(=O)c2cn3cc(Cl)ccc3n2)C1. The molecule has 6 rings (SSSR count). The highest BCUT2D eigenvalue weighted by atomic mass is 35.5. The number of carbonyl (C=O) groups is 2. The number of thiazole rings is 1. The largest absolute Gasteiger partial charge is 0.347 e. The summed E-state index contributed by atoms with van der Waals surface area (Å²) in [5.41, 5.74) is 8.45. The van der Waals surface area contributed by atoms with E-state index in [1.807, 2.05) is 36.4 Å². The molecule has 0 spiro atoms. The minimum atomic E-state index is -0.329. The van der Waals surface area contributed by atoms with Crippen molar-refractivity contribution in [3.8, 4) is 0 Å². The molecule has 0 aliphatic carbocycles. The molecule has 11 heteroatoms. The molecule has 0 unspecified atom stereocenters. The summed E-state index contributed by atoms with van der Waals surface area (Å²) >= 11 is 13.5. The van der Waals surface area contributed by atoms with Crippen molar-refractivity contribution in [3.05, 3.63) is 98.3 Å². The zero-order valence-electron chi connectivity index (χ0n) is 20.0. The van der Waals surface area contributed by atoms with Gasteiger partial charge < -0.3 is 20.4 Å². The third kappa shape index (κ3) is 4.86. The lowest BCUT2D eigenvalue weighted by molar-refractivity contribution is 0.0728. The first-order chi connectivity index (χ1) is 18.3. The van der Waals surface area contributed by atoms with E-state index in [1.165, 1.54) is 11.3 Å². The fraction of sp³-hybridized carbons (Fsp3) is 0.185. The fourth-order valence-corrected chi connectivity index (χ4v) is 6.01. The Labute approximate surface area is 232 Å². The Morgan fingerprint density at radius 1 is 1.00 bits per heavy atom. The smallest absolute Gasteiger partial charge is 0.274 e. The van der Waals surface area contributed by atoms with E-state index >= 15 is 0 Å². The maximum absolute atomic E-state index is 13.4. The lowest BCUT2D eigenvalue weighted by Crippen LogP contribution is -2.33. The van der Waals surface area contributed by atoms with Gasteiger partial charge in [-0.3, -0.25) is 9.59 Å². The predicted molar refractivity (Wildman–Crippen MR) is 149 cm³/mol. The summed E-state index contributed by atoms with van der Waals surface area (Å²) in [5, 5.41) is 8.64. The zero-order valence-corrected chi connectivity index (χ0v) is 22.3. The lowest BCUT2D eigenvalue weighted by Gasteiger charge is -2.21. The van der Waals surface area contributed by atoms with Crippen LogP contribution >= 0.6 is 34.5 Å². The van der Waals surface area contributed by atoms with E-state index in [-0.39, 0.29) is 23.9 Å². The molecular weight excluding hydrogens is 543 g/mol. The van der Waals surface area contributed by atoms with Gasteiger partial charge in [-0.2, -0.15) is 0 Å². The highest BCUT2D eigenvalue weighted by Crippen LogP contribution is 2.34. The number of nitrogens with zero attached hydrogens (tertiary/aromatic N) is 4. The van der Waals surface area contributed by atoms with Crippen molar-refractivity contribution in [1.29, 1.82) is 0 Å². The number of hydrogen-bond acceptors (Lipinski definition) is 6. The number of halogens is 2. The van der Waals surface area contributed by atoms with Gasteiger partial charge in [0.15, 0.2) is 0 Å². The van der Waals surface area contributed by atoms with Gasteiger partial charge in [0.05, 0.1) is 11.1 Å². The average Bonchev–Trinajstić information content (AvgIpc) is 3.64. The van der Waals surface area contributed by atoms with Crippen molar-refractivity contribution in [2.45, 2.75) is 25.0 Å². The first-order valence-corrected chi connectivity index (χ1v) is 13.6. The normalized spacial score (nSPS) is 17.4. The Morgan fingerprint density at radius 3 is 2.66 bits per heavy atom. The van der Waals surface area contributed by atoms with Crippen LogP contribution in [0.2, 0.25) is 10.0 Å². The van der Waals surface area contributed by atoms with Gasteiger partial charge in [-0.1, -0.05) is 41.4 Å². The fourth-order valence-electron chi connectivity index (χ4n) is 4.74. The minimum absolute atomic E-state index is 0.195. The van der Waals surface area contributed by atoms with Crippen LogP contribution in [-0.4, -0.2) is 43.7 Å². The summed E-state index contributed by atoms with van der Waals surface area (Å²) in [6.45, 7) is 0.744. The molecule has 1 fully saturated rings. The van der Waals surface area contributed by atoms with Crippen molar-refractivity contribution < 1.29 is 9.59 Å². The number of carbonyl (C=O) groups excluding carboxylic acids is 2. The van der Waals surface area contributed by atoms with E-state index in [4.69, 9.17) is 28.9 Å². The summed E-state index contributed by atoms with van der Waals surface area (Å²) in [5.74, 6) is -0.511. The molecule has 38 heavy (non-hydrogen) atoms. The number of likely N-dealkylation sites (tertiary alicyclic amines) is 1. The number of aromatic nitrogens is 3. The summed E-state index contributed by atoms with van der Waals surface area (Å²) in [6.07, 6.45) is 3.92. The van der Waals surface area contributed by atoms with Gasteiger partial charge in [0.25, 0.3) is 11.8 Å². The molecule has 4 heterocycles. The Kier molecular flexibility index (Phi) is 6.53. The molecule has 0 saturated carbocycles. The second-order valence-electron chi connectivity index (χ2n) is 9.29. The molecule has 5 aromatic rings. The van der Waals surface area contributed by atoms with Crippen LogP contribution in [-0.2, 0) is 6.54 Å². The van der Waals surface area contributed by atoms with Crippen LogP contribution in [0.3, 0.4) is 0 Å². The van der Waals surface area contributed by atoms with E-state index in [9.17, 15) is 9.59 Å². The number of amides is 2. The molecule has 0 radical (unpaired) electrons. The van der Waals surface area contributed by atoms with Crippen LogP contribution in [0.5, 0.6) is 0 Å². The number of benzene rings is 2. The van der Waals surface area contributed by atoms with Crippen LogP contribution in [0, 0.1) is 0 Å². The number of imidazole rings is 1. The summed E-state index contributed by atoms with van der Waals surface area (Å²) in [4.78, 5) is 37.0. The molecular formula is C27H22Cl2N6O2S. The Balaban J connectivity index is 1.16. The average molecular weight is 565 g/mol. The number of nitrogens with one attached hydrogen (secondary N) is 1. The number of rotatable bonds is 5. The first kappa shape index (κ1) is 24.8. The van der Waals surface area contributed by atoms with E-state index in [0.717, 1.165) is 16.3 Å². The van der Waals surface area contributed by atoms with Crippen LogP contribution < -0.4 is 11.1 Å². The number of fused-ring (bicyclic) bond motifs is 2. The second-order valence-corrected chi connectivity index (χ2v) is 11.1. The van der Waals surface area contributed by atoms with Crippen molar-refractivity contribution in [3.63, 3.8) is 0 Å². The van der Waals surface area contributed by atoms with E-state index in [2.05, 4.69) is 15.3 Å². The Morgan fingerprint density at radius 2 is 1.79 bits per heavy atom. The first-order valence-electron chi connectivity index (χ1n) is 12.0. The molecule has 2 amide bonds. The van der Waals surface area contributed by atoms with Crippen LogP contribution in [0.1, 0.15) is 44.0 Å². The summed E-state index contributed by atoms with van der Waals surface area (Å²) in [6, 6.07) is 14.6. The van der Waals surface area contributed by atoms with Crippen molar-refractivity contribution in [2.24, 2.45) is 5.73 Å². The summed E-state index contributed by atoms with van der Waals surface area (Å²) in [7, 11) is 0.